The van der Waals surface area contributed by atoms with Gasteiger partial charge in [0.1, 0.15) is 0 Å². The molecule has 0 rings (SSSR count). The van der Waals surface area contributed by atoms with Crippen LogP contribution in [-0.2, 0) is 0 Å². The summed E-state index contributed by atoms with van der Waals surface area (Å²) in [5, 5.41) is 0. The van der Waals surface area contributed by atoms with Crippen molar-refractivity contribution in [1.82, 2.24) is 9.80 Å². The van der Waals surface area contributed by atoms with Crippen molar-refractivity contribution in [3.05, 3.63) is 12.4 Å². The van der Waals surface area contributed by atoms with E-state index >= 15 is 0 Å². The molecule has 0 N–H and O–H groups in total. The summed E-state index contributed by atoms with van der Waals surface area (Å²) in [6, 6.07) is 0. The molecule has 0 spiro atoms. The summed E-state index contributed by atoms with van der Waals surface area (Å²) in [6.07, 6.45) is 4.00. The maximum absolute atomic E-state index is 2.00. The molecule has 0 radical (unpaired) electrons. The molecule has 0 aromatic rings. The molecule has 0 saturated carbocycles. The van der Waals surface area contributed by atoms with E-state index in [-0.39, 0.29) is 0 Å². The van der Waals surface area contributed by atoms with Crippen molar-refractivity contribution >= 4 is 0 Å². The number of nitrogens with zero attached hydrogens (tertiary/aromatic N) is 2. The fourth-order valence-electron chi connectivity index (χ4n) is 0.267. The molecule has 8 heavy (non-hydrogen) atoms. The zero-order valence-corrected chi connectivity index (χ0v) is 6.05. The van der Waals surface area contributed by atoms with Gasteiger partial charge in [0.25, 0.3) is 0 Å². The molecule has 0 aliphatic rings. The normalized spacial score (nSPS) is 10.0. The Hall–Kier alpha value is -0.660. The second-order valence-electron chi connectivity index (χ2n) is 2.23. The zero-order valence-electron chi connectivity index (χ0n) is 6.05. The highest BCUT2D eigenvalue weighted by Crippen LogP contribution is 1.78. The van der Waals surface area contributed by atoms with Gasteiger partial charge in [-0.1, -0.05) is 0 Å². The van der Waals surface area contributed by atoms with Crippen LogP contribution < -0.4 is 0 Å². The average Bonchev–Trinajstić information content (AvgIpc) is 1.61. The van der Waals surface area contributed by atoms with Crippen LogP contribution in [0.2, 0.25) is 0 Å². The van der Waals surface area contributed by atoms with Crippen molar-refractivity contribution in [3.63, 3.8) is 0 Å². The summed E-state index contributed by atoms with van der Waals surface area (Å²) in [5.74, 6) is 0. The second kappa shape index (κ2) is 3.36. The first-order valence-corrected chi connectivity index (χ1v) is 2.64. The molecule has 0 saturated heterocycles. The lowest BCUT2D eigenvalue weighted by atomic mass is 10.7. The average molecular weight is 114 g/mol. The standard InChI is InChI=1S/C6H14N2/c1-7(2)5-6-8(3)4/h5-6H,1-4H3/b6-5-. The topological polar surface area (TPSA) is 6.48 Å². The van der Waals surface area contributed by atoms with Gasteiger partial charge in [-0.25, -0.2) is 0 Å². The summed E-state index contributed by atoms with van der Waals surface area (Å²) in [7, 11) is 8.00. The van der Waals surface area contributed by atoms with Crippen molar-refractivity contribution in [2.75, 3.05) is 28.2 Å². The van der Waals surface area contributed by atoms with E-state index in [4.69, 9.17) is 0 Å². The van der Waals surface area contributed by atoms with Crippen LogP contribution in [0.15, 0.2) is 12.4 Å². The van der Waals surface area contributed by atoms with Gasteiger partial charge in [0, 0.05) is 40.6 Å². The van der Waals surface area contributed by atoms with Crippen LogP contribution in [0.4, 0.5) is 0 Å². The third kappa shape index (κ3) is 5.34. The van der Waals surface area contributed by atoms with Crippen molar-refractivity contribution in [2.45, 2.75) is 0 Å². The lowest BCUT2D eigenvalue weighted by Crippen LogP contribution is -2.06. The smallest absolute Gasteiger partial charge is 0.0147 e. The first kappa shape index (κ1) is 7.34. The van der Waals surface area contributed by atoms with Gasteiger partial charge < -0.3 is 9.80 Å². The van der Waals surface area contributed by atoms with Crippen LogP contribution in [0.5, 0.6) is 0 Å². The summed E-state index contributed by atoms with van der Waals surface area (Å²) in [5.41, 5.74) is 0. The zero-order chi connectivity index (χ0) is 6.57. The molecule has 48 valence electrons. The Morgan fingerprint density at radius 3 is 1.12 bits per heavy atom. The Balaban J connectivity index is 3.34. The van der Waals surface area contributed by atoms with E-state index < -0.39 is 0 Å². The first-order valence-electron chi connectivity index (χ1n) is 2.64. The van der Waals surface area contributed by atoms with E-state index in [0.29, 0.717) is 0 Å². The van der Waals surface area contributed by atoms with E-state index in [2.05, 4.69) is 0 Å². The Kier molecular flexibility index (Phi) is 3.08. The molecule has 0 heterocycles. The summed E-state index contributed by atoms with van der Waals surface area (Å²) in [4.78, 5) is 4.00. The molecule has 0 amide bonds. The van der Waals surface area contributed by atoms with E-state index in [9.17, 15) is 0 Å². The molecule has 0 atom stereocenters. The molecule has 0 aromatic heterocycles. The van der Waals surface area contributed by atoms with E-state index in [1.807, 2.05) is 50.4 Å². The SMILES string of the molecule is CN(C)/C=C\N(C)C. The number of hydrogen-bond acceptors (Lipinski definition) is 2. The van der Waals surface area contributed by atoms with E-state index in [0.717, 1.165) is 0 Å². The Morgan fingerprint density at radius 2 is 1.00 bits per heavy atom. The van der Waals surface area contributed by atoms with Crippen molar-refractivity contribution in [3.8, 4) is 0 Å². The highest BCUT2D eigenvalue weighted by Gasteiger charge is 1.75. The minimum absolute atomic E-state index is 2.00. The lowest BCUT2D eigenvalue weighted by Gasteiger charge is -2.07. The second-order valence-corrected chi connectivity index (χ2v) is 2.23. The van der Waals surface area contributed by atoms with Crippen LogP contribution in [0.3, 0.4) is 0 Å². The molecule has 0 aliphatic carbocycles. The van der Waals surface area contributed by atoms with Crippen LogP contribution >= 0.6 is 0 Å². The van der Waals surface area contributed by atoms with E-state index in [1.54, 1.807) is 0 Å². The van der Waals surface area contributed by atoms with Gasteiger partial charge in [-0.15, -0.1) is 0 Å². The van der Waals surface area contributed by atoms with Gasteiger partial charge >= 0.3 is 0 Å². The third-order valence-electron chi connectivity index (χ3n) is 0.663. The van der Waals surface area contributed by atoms with Gasteiger partial charge in [-0.3, -0.25) is 0 Å². The Labute approximate surface area is 51.4 Å². The van der Waals surface area contributed by atoms with Gasteiger partial charge in [0.2, 0.25) is 0 Å². The fourth-order valence-corrected chi connectivity index (χ4v) is 0.267. The quantitative estimate of drug-likeness (QED) is 0.518. The summed E-state index contributed by atoms with van der Waals surface area (Å²) in [6.45, 7) is 0. The molecule has 0 aromatic carbocycles. The van der Waals surface area contributed by atoms with Crippen LogP contribution in [-0.4, -0.2) is 38.0 Å². The van der Waals surface area contributed by atoms with Gasteiger partial charge in [-0.05, 0) is 0 Å². The van der Waals surface area contributed by atoms with Crippen LogP contribution in [0.1, 0.15) is 0 Å². The van der Waals surface area contributed by atoms with Gasteiger partial charge in [-0.2, -0.15) is 0 Å². The molecule has 0 unspecified atom stereocenters. The maximum atomic E-state index is 2.00. The number of hydrogen-bond donors (Lipinski definition) is 0. The number of rotatable bonds is 2. The molecular weight excluding hydrogens is 100 g/mol. The summed E-state index contributed by atoms with van der Waals surface area (Å²) < 4.78 is 0. The Bertz CT molecular complexity index is 64.6. The molecule has 0 fully saturated rings. The van der Waals surface area contributed by atoms with Crippen molar-refractivity contribution in [1.29, 1.82) is 0 Å². The van der Waals surface area contributed by atoms with Crippen LogP contribution in [0.25, 0.3) is 0 Å². The highest BCUT2D eigenvalue weighted by molar-refractivity contribution is 4.75. The fraction of sp³-hybridized carbons (Fsp3) is 0.667. The van der Waals surface area contributed by atoms with Crippen LogP contribution in [0, 0.1) is 0 Å². The molecule has 2 nitrogen and oxygen atoms in total. The highest BCUT2D eigenvalue weighted by atomic mass is 15.1. The molecule has 0 bridgehead atoms. The molecule has 0 aliphatic heterocycles. The minimum atomic E-state index is 2.00. The van der Waals surface area contributed by atoms with Gasteiger partial charge in [0.15, 0.2) is 0 Å². The van der Waals surface area contributed by atoms with Crippen molar-refractivity contribution < 1.29 is 0 Å². The largest absolute Gasteiger partial charge is 0.382 e. The molecule has 2 heteroatoms. The Morgan fingerprint density at radius 1 is 0.750 bits per heavy atom. The van der Waals surface area contributed by atoms with Gasteiger partial charge in [0.05, 0.1) is 0 Å². The van der Waals surface area contributed by atoms with E-state index in [1.165, 1.54) is 0 Å². The monoisotopic (exact) mass is 114 g/mol. The van der Waals surface area contributed by atoms with Crippen molar-refractivity contribution in [2.24, 2.45) is 0 Å². The lowest BCUT2D eigenvalue weighted by molar-refractivity contribution is 0.512. The molecular formula is C6H14N2. The summed E-state index contributed by atoms with van der Waals surface area (Å²) >= 11 is 0. The first-order chi connectivity index (χ1) is 3.63. The predicted octanol–water partition coefficient (Wildman–Crippen LogP) is 0.581. The predicted molar refractivity (Wildman–Crippen MR) is 36.5 cm³/mol. The minimum Gasteiger partial charge on any atom is -0.382 e. The maximum Gasteiger partial charge on any atom is 0.0147 e. The third-order valence-corrected chi connectivity index (χ3v) is 0.663.